The Morgan fingerprint density at radius 2 is 2.17 bits per heavy atom. The van der Waals surface area contributed by atoms with Crippen LogP contribution in [0.2, 0.25) is 0 Å². The average Bonchev–Trinajstić information content (AvgIpc) is 2.08. The van der Waals surface area contributed by atoms with Gasteiger partial charge >= 0.3 is 0 Å². The van der Waals surface area contributed by atoms with E-state index in [1.54, 1.807) is 18.7 Å². The molecule has 0 aliphatic carbocycles. The predicted octanol–water partition coefficient (Wildman–Crippen LogP) is 1.46. The van der Waals surface area contributed by atoms with Gasteiger partial charge in [0.1, 0.15) is 10.2 Å². The van der Waals surface area contributed by atoms with Gasteiger partial charge in [-0.15, -0.1) is 0 Å². The maximum absolute atomic E-state index is 11.4. The van der Waals surface area contributed by atoms with Crippen LogP contribution < -0.4 is 10.3 Å². The van der Waals surface area contributed by atoms with Crippen molar-refractivity contribution in [2.45, 2.75) is 6.92 Å². The van der Waals surface area contributed by atoms with E-state index < -0.39 is 0 Å². The second-order valence-electron chi connectivity index (χ2n) is 2.53. The summed E-state index contributed by atoms with van der Waals surface area (Å²) >= 11 is 3.17. The molecule has 0 spiro atoms. The Bertz CT molecular complexity index is 357. The Morgan fingerprint density at radius 1 is 1.58 bits per heavy atom. The minimum Gasteiger partial charge on any atom is -0.495 e. The predicted molar refractivity (Wildman–Crippen MR) is 50.7 cm³/mol. The van der Waals surface area contributed by atoms with Gasteiger partial charge in [0.25, 0.3) is 5.56 Å². The molecule has 0 aromatic carbocycles. The summed E-state index contributed by atoms with van der Waals surface area (Å²) in [4.78, 5) is 11.4. The molecule has 0 fully saturated rings. The Morgan fingerprint density at radius 3 is 2.67 bits per heavy atom. The van der Waals surface area contributed by atoms with Crippen molar-refractivity contribution in [2.75, 3.05) is 7.11 Å². The molecule has 0 saturated heterocycles. The second-order valence-corrected chi connectivity index (χ2v) is 3.33. The van der Waals surface area contributed by atoms with Crippen LogP contribution in [0.1, 0.15) is 5.69 Å². The van der Waals surface area contributed by atoms with Gasteiger partial charge in [0, 0.05) is 18.8 Å². The topological polar surface area (TPSA) is 31.2 Å². The summed E-state index contributed by atoms with van der Waals surface area (Å²) in [6, 6.07) is 1.81. The van der Waals surface area contributed by atoms with E-state index in [0.29, 0.717) is 10.2 Å². The third-order valence-corrected chi connectivity index (χ3v) is 2.53. The molecule has 66 valence electrons. The van der Waals surface area contributed by atoms with E-state index in [2.05, 4.69) is 15.9 Å². The Kier molecular flexibility index (Phi) is 2.57. The SMILES string of the molecule is COc1cc(C)n(C)c(=O)c1Br. The number of halogens is 1. The first-order valence-electron chi connectivity index (χ1n) is 3.48. The minimum atomic E-state index is -0.0770. The number of aryl methyl sites for hydroxylation is 1. The molecule has 0 amide bonds. The molecule has 1 rings (SSSR count). The number of pyridine rings is 1. The van der Waals surface area contributed by atoms with Crippen LogP contribution >= 0.6 is 15.9 Å². The van der Waals surface area contributed by atoms with Crippen molar-refractivity contribution in [1.29, 1.82) is 0 Å². The fourth-order valence-electron chi connectivity index (χ4n) is 0.911. The van der Waals surface area contributed by atoms with Crippen LogP contribution in [0.25, 0.3) is 0 Å². The van der Waals surface area contributed by atoms with Crippen molar-refractivity contribution in [3.63, 3.8) is 0 Å². The van der Waals surface area contributed by atoms with Crippen molar-refractivity contribution >= 4 is 15.9 Å². The van der Waals surface area contributed by atoms with E-state index in [-0.39, 0.29) is 5.56 Å². The van der Waals surface area contributed by atoms with Crippen LogP contribution in [0.3, 0.4) is 0 Å². The number of ether oxygens (including phenoxy) is 1. The molecule has 1 heterocycles. The van der Waals surface area contributed by atoms with Gasteiger partial charge in [0.2, 0.25) is 0 Å². The van der Waals surface area contributed by atoms with Crippen LogP contribution in [0.4, 0.5) is 0 Å². The summed E-state index contributed by atoms with van der Waals surface area (Å²) in [6.07, 6.45) is 0. The summed E-state index contributed by atoms with van der Waals surface area (Å²) in [5.41, 5.74) is 0.798. The van der Waals surface area contributed by atoms with Crippen molar-refractivity contribution in [3.05, 3.63) is 26.6 Å². The molecular weight excluding hydrogens is 222 g/mol. The molecule has 4 heteroatoms. The van der Waals surface area contributed by atoms with Crippen LogP contribution in [0.15, 0.2) is 15.3 Å². The lowest BCUT2D eigenvalue weighted by Gasteiger charge is -2.07. The fraction of sp³-hybridized carbons (Fsp3) is 0.375. The highest BCUT2D eigenvalue weighted by Crippen LogP contribution is 2.20. The molecule has 1 aromatic rings. The van der Waals surface area contributed by atoms with E-state index in [1.165, 1.54) is 0 Å². The molecule has 0 bridgehead atoms. The van der Waals surface area contributed by atoms with Crippen LogP contribution in [-0.2, 0) is 7.05 Å². The highest BCUT2D eigenvalue weighted by Gasteiger charge is 2.07. The van der Waals surface area contributed by atoms with Gasteiger partial charge in [-0.25, -0.2) is 0 Å². The van der Waals surface area contributed by atoms with E-state index in [4.69, 9.17) is 4.74 Å². The van der Waals surface area contributed by atoms with E-state index in [0.717, 1.165) is 5.69 Å². The molecule has 0 aliphatic rings. The summed E-state index contributed by atoms with van der Waals surface area (Å²) in [6.45, 7) is 1.86. The maximum Gasteiger partial charge on any atom is 0.268 e. The lowest BCUT2D eigenvalue weighted by Crippen LogP contribution is -2.19. The molecule has 0 atom stereocenters. The quantitative estimate of drug-likeness (QED) is 0.734. The summed E-state index contributed by atoms with van der Waals surface area (Å²) in [5.74, 6) is 0.579. The zero-order valence-electron chi connectivity index (χ0n) is 7.22. The number of aromatic nitrogens is 1. The zero-order chi connectivity index (χ0) is 9.30. The van der Waals surface area contributed by atoms with Crippen LogP contribution in [0.5, 0.6) is 5.75 Å². The van der Waals surface area contributed by atoms with E-state index >= 15 is 0 Å². The first-order valence-corrected chi connectivity index (χ1v) is 4.27. The summed E-state index contributed by atoms with van der Waals surface area (Å²) < 4.78 is 7.03. The van der Waals surface area contributed by atoms with Gasteiger partial charge in [-0.3, -0.25) is 4.79 Å². The highest BCUT2D eigenvalue weighted by molar-refractivity contribution is 9.10. The maximum atomic E-state index is 11.4. The molecule has 12 heavy (non-hydrogen) atoms. The standard InChI is InChI=1S/C8H10BrNO2/c1-5-4-6(12-3)7(9)8(11)10(5)2/h4H,1-3H3. The number of rotatable bonds is 1. The van der Waals surface area contributed by atoms with Gasteiger partial charge in [-0.05, 0) is 22.9 Å². The summed E-state index contributed by atoms with van der Waals surface area (Å²) in [5, 5.41) is 0. The lowest BCUT2D eigenvalue weighted by molar-refractivity contribution is 0.409. The first-order chi connectivity index (χ1) is 5.57. The average molecular weight is 232 g/mol. The Hall–Kier alpha value is -0.770. The van der Waals surface area contributed by atoms with Crippen molar-refractivity contribution in [2.24, 2.45) is 7.05 Å². The van der Waals surface area contributed by atoms with Gasteiger partial charge < -0.3 is 9.30 Å². The number of nitrogens with zero attached hydrogens (tertiary/aromatic N) is 1. The summed E-state index contributed by atoms with van der Waals surface area (Å²) in [7, 11) is 3.26. The van der Waals surface area contributed by atoms with Crippen molar-refractivity contribution in [3.8, 4) is 5.75 Å². The Labute approximate surface area is 79.1 Å². The number of methoxy groups -OCH3 is 1. The van der Waals surface area contributed by atoms with Gasteiger partial charge in [0.05, 0.1) is 7.11 Å². The van der Waals surface area contributed by atoms with Gasteiger partial charge in [-0.1, -0.05) is 0 Å². The monoisotopic (exact) mass is 231 g/mol. The van der Waals surface area contributed by atoms with Crippen LogP contribution in [-0.4, -0.2) is 11.7 Å². The fourth-order valence-corrected chi connectivity index (χ4v) is 1.45. The van der Waals surface area contributed by atoms with Crippen LogP contribution in [0, 0.1) is 6.92 Å². The first kappa shape index (κ1) is 9.32. The highest BCUT2D eigenvalue weighted by atomic mass is 79.9. The minimum absolute atomic E-state index is 0.0770. The third-order valence-electron chi connectivity index (χ3n) is 1.80. The molecule has 0 saturated carbocycles. The van der Waals surface area contributed by atoms with Crippen molar-refractivity contribution in [1.82, 2.24) is 4.57 Å². The molecule has 3 nitrogen and oxygen atoms in total. The molecule has 0 radical (unpaired) electrons. The largest absolute Gasteiger partial charge is 0.495 e. The zero-order valence-corrected chi connectivity index (χ0v) is 8.81. The molecule has 0 N–H and O–H groups in total. The number of hydrogen-bond acceptors (Lipinski definition) is 2. The van der Waals surface area contributed by atoms with E-state index in [1.807, 2.05) is 13.0 Å². The Balaban J connectivity index is 3.50. The normalized spacial score (nSPS) is 10.0. The van der Waals surface area contributed by atoms with Crippen molar-refractivity contribution < 1.29 is 4.74 Å². The molecule has 1 aromatic heterocycles. The smallest absolute Gasteiger partial charge is 0.268 e. The molecule has 0 unspecified atom stereocenters. The molecular formula is C8H10BrNO2. The van der Waals surface area contributed by atoms with Gasteiger partial charge in [-0.2, -0.15) is 0 Å². The molecule has 0 aliphatic heterocycles. The third kappa shape index (κ3) is 1.39. The van der Waals surface area contributed by atoms with Gasteiger partial charge in [0.15, 0.2) is 0 Å². The van der Waals surface area contributed by atoms with E-state index in [9.17, 15) is 4.79 Å². The number of hydrogen-bond donors (Lipinski definition) is 0. The second kappa shape index (κ2) is 3.31. The lowest BCUT2D eigenvalue weighted by atomic mass is 10.3.